The van der Waals surface area contributed by atoms with Crippen LogP contribution in [0.25, 0.3) is 0 Å². The molecule has 0 heterocycles. The number of rotatable bonds is 3. The number of halogens is 2. The summed E-state index contributed by atoms with van der Waals surface area (Å²) < 4.78 is 1.56. The van der Waals surface area contributed by atoms with Gasteiger partial charge in [0.05, 0.1) is 11.4 Å². The van der Waals surface area contributed by atoms with Crippen LogP contribution >= 0.6 is 43.6 Å². The van der Waals surface area contributed by atoms with Crippen LogP contribution in [0.1, 0.15) is 5.56 Å². The molecule has 0 atom stereocenters. The zero-order valence-corrected chi connectivity index (χ0v) is 14.5. The van der Waals surface area contributed by atoms with Gasteiger partial charge >= 0.3 is 0 Å². The second-order valence-electron chi connectivity index (χ2n) is 3.78. The van der Waals surface area contributed by atoms with Gasteiger partial charge in [0.25, 0.3) is 0 Å². The van der Waals surface area contributed by atoms with Gasteiger partial charge in [0.2, 0.25) is 5.91 Å². The number of thioether (sulfide) groups is 1. The fraction of sp³-hybridized carbons (Fsp3) is 0.182. The number of hydrogen-bond donors (Lipinski definition) is 4. The molecule has 1 aromatic carbocycles. The van der Waals surface area contributed by atoms with E-state index in [0.29, 0.717) is 5.69 Å². The molecular formula is C11H13Br2N5OS. The molecule has 0 unspecified atom stereocenters. The summed E-state index contributed by atoms with van der Waals surface area (Å²) in [7, 11) is 0. The first kappa shape index (κ1) is 17.0. The molecule has 0 saturated heterocycles. The van der Waals surface area contributed by atoms with E-state index < -0.39 is 0 Å². The molecule has 1 amide bonds. The number of guanidine groups is 1. The van der Waals surface area contributed by atoms with Crippen molar-refractivity contribution < 1.29 is 4.79 Å². The Morgan fingerprint density at radius 1 is 1.40 bits per heavy atom. The maximum absolute atomic E-state index is 11.8. The molecule has 0 aliphatic heterocycles. The van der Waals surface area contributed by atoms with E-state index in [1.807, 2.05) is 19.1 Å². The number of anilines is 1. The zero-order chi connectivity index (χ0) is 15.3. The lowest BCUT2D eigenvalue weighted by atomic mass is 10.2. The van der Waals surface area contributed by atoms with Crippen molar-refractivity contribution in [3.8, 4) is 0 Å². The van der Waals surface area contributed by atoms with Crippen LogP contribution in [0, 0.1) is 12.3 Å². The highest BCUT2D eigenvalue weighted by Gasteiger charge is 2.11. The summed E-state index contributed by atoms with van der Waals surface area (Å²) in [5, 5.41) is 10.1. The normalized spacial score (nSPS) is 9.95. The Kier molecular flexibility index (Phi) is 6.50. The largest absolute Gasteiger partial charge is 0.370 e. The van der Waals surface area contributed by atoms with Crippen LogP contribution in [0.5, 0.6) is 0 Å². The van der Waals surface area contributed by atoms with Crippen LogP contribution < -0.4 is 16.8 Å². The van der Waals surface area contributed by atoms with Crippen molar-refractivity contribution in [3.05, 3.63) is 26.6 Å². The van der Waals surface area contributed by atoms with Crippen molar-refractivity contribution in [1.82, 2.24) is 0 Å². The quantitative estimate of drug-likeness (QED) is 0.441. The molecule has 9 heteroatoms. The number of nitrogens with one attached hydrogen (secondary N) is 2. The summed E-state index contributed by atoms with van der Waals surface area (Å²) in [4.78, 5) is 15.3. The molecule has 1 aromatic rings. The summed E-state index contributed by atoms with van der Waals surface area (Å²) in [5.41, 5.74) is 12.0. The fourth-order valence-corrected chi connectivity index (χ4v) is 3.40. The van der Waals surface area contributed by atoms with Gasteiger partial charge in [-0.1, -0.05) is 11.8 Å². The number of amidine groups is 1. The number of amides is 1. The van der Waals surface area contributed by atoms with Crippen molar-refractivity contribution in [2.45, 2.75) is 6.92 Å². The molecule has 6 nitrogen and oxygen atoms in total. The summed E-state index contributed by atoms with van der Waals surface area (Å²) in [6.45, 7) is 1.95. The van der Waals surface area contributed by atoms with Crippen LogP contribution in [-0.4, -0.2) is 22.8 Å². The van der Waals surface area contributed by atoms with Gasteiger partial charge < -0.3 is 16.8 Å². The predicted octanol–water partition coefficient (Wildman–Crippen LogP) is 2.40. The topological polar surface area (TPSA) is 117 Å². The minimum absolute atomic E-state index is 0.0440. The van der Waals surface area contributed by atoms with Crippen LogP contribution in [0.3, 0.4) is 0 Å². The molecule has 0 saturated carbocycles. The van der Waals surface area contributed by atoms with E-state index in [1.165, 1.54) is 0 Å². The summed E-state index contributed by atoms with van der Waals surface area (Å²) in [6.07, 6.45) is 0. The number of hydrogen-bond acceptors (Lipinski definition) is 3. The van der Waals surface area contributed by atoms with Gasteiger partial charge in [0.1, 0.15) is 0 Å². The molecule has 0 aliphatic carbocycles. The fourth-order valence-electron chi connectivity index (χ4n) is 1.28. The first-order valence-electron chi connectivity index (χ1n) is 5.36. The minimum atomic E-state index is -0.254. The van der Waals surface area contributed by atoms with Crippen LogP contribution in [0.15, 0.2) is 26.1 Å². The minimum Gasteiger partial charge on any atom is -0.370 e. The van der Waals surface area contributed by atoms with Gasteiger partial charge in [-0.2, -0.15) is 4.99 Å². The highest BCUT2D eigenvalue weighted by atomic mass is 79.9. The molecule has 20 heavy (non-hydrogen) atoms. The number of carbonyl (C=O) groups excluding carboxylic acids is 1. The maximum Gasteiger partial charge on any atom is 0.234 e. The van der Waals surface area contributed by atoms with Gasteiger partial charge in [-0.25, -0.2) is 0 Å². The number of aliphatic imine (C=N–C) groups is 1. The van der Waals surface area contributed by atoms with Crippen molar-refractivity contribution >= 4 is 66.3 Å². The Morgan fingerprint density at radius 2 is 1.95 bits per heavy atom. The van der Waals surface area contributed by atoms with Crippen LogP contribution in [-0.2, 0) is 4.79 Å². The van der Waals surface area contributed by atoms with Gasteiger partial charge in [-0.3, -0.25) is 10.2 Å². The monoisotopic (exact) mass is 421 g/mol. The molecule has 0 fully saturated rings. The molecule has 0 spiro atoms. The molecule has 108 valence electrons. The lowest BCUT2D eigenvalue weighted by Crippen LogP contribution is -2.24. The lowest BCUT2D eigenvalue weighted by molar-refractivity contribution is -0.113. The highest BCUT2D eigenvalue weighted by molar-refractivity contribution is 9.11. The Morgan fingerprint density at radius 3 is 2.45 bits per heavy atom. The van der Waals surface area contributed by atoms with Crippen molar-refractivity contribution in [2.24, 2.45) is 16.5 Å². The molecule has 0 radical (unpaired) electrons. The third kappa shape index (κ3) is 5.51. The molecule has 6 N–H and O–H groups in total. The Bertz CT molecular complexity index is 549. The number of nitrogens with two attached hydrogens (primary N) is 2. The van der Waals surface area contributed by atoms with E-state index >= 15 is 0 Å². The molecular weight excluding hydrogens is 410 g/mol. The average molecular weight is 423 g/mol. The highest BCUT2D eigenvalue weighted by Crippen LogP contribution is 2.32. The molecule has 1 rings (SSSR count). The summed E-state index contributed by atoms with van der Waals surface area (Å²) in [5.74, 6) is -0.412. The van der Waals surface area contributed by atoms with Crippen LogP contribution in [0.4, 0.5) is 5.69 Å². The third-order valence-corrected chi connectivity index (χ3v) is 4.04. The predicted molar refractivity (Wildman–Crippen MR) is 91.2 cm³/mol. The SMILES string of the molecule is Cc1cc(Br)c(NC(=O)CSC(=N)N=C(N)N)c(Br)c1. The smallest absolute Gasteiger partial charge is 0.234 e. The van der Waals surface area contributed by atoms with Crippen molar-refractivity contribution in [2.75, 3.05) is 11.1 Å². The summed E-state index contributed by atoms with van der Waals surface area (Å²) in [6, 6.07) is 3.80. The number of nitrogens with zero attached hydrogens (tertiary/aromatic N) is 1. The van der Waals surface area contributed by atoms with Gasteiger partial charge in [0, 0.05) is 8.95 Å². The van der Waals surface area contributed by atoms with Gasteiger partial charge in [-0.15, -0.1) is 0 Å². The summed E-state index contributed by atoms with van der Waals surface area (Å²) >= 11 is 7.72. The standard InChI is InChI=1S/C11H13Br2N5OS/c1-5-2-6(12)9(7(13)3-5)17-8(19)4-20-11(16)18-10(14)15/h2-3H,4H2,1H3,(H,17,19)(H5,14,15,16,18). The van der Waals surface area contributed by atoms with E-state index in [-0.39, 0.29) is 22.8 Å². The maximum atomic E-state index is 11.8. The van der Waals surface area contributed by atoms with E-state index in [2.05, 4.69) is 42.2 Å². The molecule has 0 aromatic heterocycles. The first-order valence-corrected chi connectivity index (χ1v) is 7.93. The second-order valence-corrected chi connectivity index (χ2v) is 6.45. The zero-order valence-electron chi connectivity index (χ0n) is 10.5. The van der Waals surface area contributed by atoms with E-state index in [9.17, 15) is 4.79 Å². The third-order valence-electron chi connectivity index (χ3n) is 2.02. The van der Waals surface area contributed by atoms with Gasteiger partial charge in [0.15, 0.2) is 11.1 Å². The number of carbonyl (C=O) groups is 1. The van der Waals surface area contributed by atoms with E-state index in [0.717, 1.165) is 26.3 Å². The number of benzene rings is 1. The Labute approximate surface area is 137 Å². The van der Waals surface area contributed by atoms with Crippen molar-refractivity contribution in [3.63, 3.8) is 0 Å². The van der Waals surface area contributed by atoms with E-state index in [1.54, 1.807) is 0 Å². The molecule has 0 bridgehead atoms. The van der Waals surface area contributed by atoms with Crippen LogP contribution in [0.2, 0.25) is 0 Å². The van der Waals surface area contributed by atoms with Gasteiger partial charge in [-0.05, 0) is 56.5 Å². The lowest BCUT2D eigenvalue weighted by Gasteiger charge is -2.10. The Hall–Kier alpha value is -1.06. The average Bonchev–Trinajstić information content (AvgIpc) is 2.30. The molecule has 0 aliphatic rings. The first-order chi connectivity index (χ1) is 9.29. The second kappa shape index (κ2) is 7.65. The Balaban J connectivity index is 2.64. The number of aryl methyl sites for hydroxylation is 1. The van der Waals surface area contributed by atoms with Crippen molar-refractivity contribution in [1.29, 1.82) is 5.41 Å². The van der Waals surface area contributed by atoms with E-state index in [4.69, 9.17) is 16.9 Å².